The summed E-state index contributed by atoms with van der Waals surface area (Å²) in [6, 6.07) is 12.7. The van der Waals surface area contributed by atoms with Gasteiger partial charge < -0.3 is 25.4 Å². The van der Waals surface area contributed by atoms with Crippen LogP contribution in [0.2, 0.25) is 0 Å². The Morgan fingerprint density at radius 1 is 1.07 bits per heavy atom. The summed E-state index contributed by atoms with van der Waals surface area (Å²) in [6.45, 7) is 1.98. The van der Waals surface area contributed by atoms with Crippen LogP contribution in [0.4, 0.5) is 5.69 Å². The van der Waals surface area contributed by atoms with Crippen molar-refractivity contribution in [3.8, 4) is 11.5 Å². The normalized spacial score (nSPS) is 11.9. The molecule has 0 spiro atoms. The Morgan fingerprint density at radius 2 is 1.73 bits per heavy atom. The molecule has 0 aromatic heterocycles. The van der Waals surface area contributed by atoms with Crippen LogP contribution in [0.1, 0.15) is 11.1 Å². The maximum atomic E-state index is 12.6. The van der Waals surface area contributed by atoms with Gasteiger partial charge in [0.25, 0.3) is 0 Å². The maximum absolute atomic E-state index is 12.6. The van der Waals surface area contributed by atoms with Gasteiger partial charge in [-0.25, -0.2) is 0 Å². The summed E-state index contributed by atoms with van der Waals surface area (Å²) in [5.41, 5.74) is 2.52. The molecule has 0 saturated carbocycles. The smallest absolute Gasteiger partial charge is 0.228 e. The molecular weight excluding hydrogens is 469 g/mol. The zero-order valence-corrected chi connectivity index (χ0v) is 19.7. The molecule has 2 aromatic carbocycles. The van der Waals surface area contributed by atoms with E-state index >= 15 is 0 Å². The molecule has 1 atom stereocenters. The van der Waals surface area contributed by atoms with Crippen molar-refractivity contribution in [3.63, 3.8) is 0 Å². The van der Waals surface area contributed by atoms with Gasteiger partial charge in [0.2, 0.25) is 9.70 Å². The van der Waals surface area contributed by atoms with Gasteiger partial charge in [0.1, 0.15) is 17.7 Å². The molecule has 1 amide bonds. The number of rotatable bonds is 7. The predicted molar refractivity (Wildman–Crippen MR) is 126 cm³/mol. The van der Waals surface area contributed by atoms with E-state index in [1.54, 1.807) is 25.3 Å². The molecule has 0 radical (unpaired) electrons. The highest BCUT2D eigenvalue weighted by molar-refractivity contribution is 7.80. The SMILES string of the molecule is COc1ccc(CC(=O)NC(NC(=S)Nc2ccc(C)cc2)C(Cl)(Cl)Cl)c(OC)c1. The molecule has 0 aliphatic rings. The van der Waals surface area contributed by atoms with Gasteiger partial charge in [-0.3, -0.25) is 4.79 Å². The zero-order chi connectivity index (χ0) is 22.3. The van der Waals surface area contributed by atoms with Crippen LogP contribution in [0.3, 0.4) is 0 Å². The largest absolute Gasteiger partial charge is 0.497 e. The second-order valence-corrected chi connectivity index (χ2v) is 9.14. The highest BCUT2D eigenvalue weighted by atomic mass is 35.6. The van der Waals surface area contributed by atoms with Crippen LogP contribution in [-0.2, 0) is 11.2 Å². The minimum atomic E-state index is -1.85. The number of halogens is 3. The molecule has 0 aliphatic carbocycles. The van der Waals surface area contributed by atoms with Gasteiger partial charge in [-0.15, -0.1) is 0 Å². The third-order valence-corrected chi connectivity index (χ3v) is 4.94. The summed E-state index contributed by atoms with van der Waals surface area (Å²) < 4.78 is 8.63. The summed E-state index contributed by atoms with van der Waals surface area (Å²) in [7, 11) is 3.06. The molecule has 0 saturated heterocycles. The highest BCUT2D eigenvalue weighted by Crippen LogP contribution is 2.30. The van der Waals surface area contributed by atoms with Crippen molar-refractivity contribution in [1.29, 1.82) is 0 Å². The standard InChI is InChI=1S/C20H22Cl3N3O3S/c1-12-4-7-14(8-5-12)24-19(30)26-18(20(21,22)23)25-17(27)10-13-6-9-15(28-2)11-16(13)29-3/h4-9,11,18H,10H2,1-3H3,(H,25,27)(H2,24,26,30). The maximum Gasteiger partial charge on any atom is 0.228 e. The van der Waals surface area contributed by atoms with E-state index in [2.05, 4.69) is 16.0 Å². The number of hydrogen-bond donors (Lipinski definition) is 3. The van der Waals surface area contributed by atoms with Crippen molar-refractivity contribution in [2.75, 3.05) is 19.5 Å². The van der Waals surface area contributed by atoms with Crippen LogP contribution in [0.5, 0.6) is 11.5 Å². The van der Waals surface area contributed by atoms with Crippen molar-refractivity contribution in [3.05, 3.63) is 53.6 Å². The van der Waals surface area contributed by atoms with Crippen LogP contribution < -0.4 is 25.4 Å². The number of methoxy groups -OCH3 is 2. The number of benzene rings is 2. The molecule has 0 bridgehead atoms. The third kappa shape index (κ3) is 7.40. The number of alkyl halides is 3. The van der Waals surface area contributed by atoms with Crippen molar-refractivity contribution in [2.45, 2.75) is 23.3 Å². The van der Waals surface area contributed by atoms with E-state index in [1.807, 2.05) is 31.2 Å². The Hall–Kier alpha value is -1.93. The lowest BCUT2D eigenvalue weighted by Gasteiger charge is -2.28. The molecule has 2 aromatic rings. The number of anilines is 1. The summed E-state index contributed by atoms with van der Waals surface area (Å²) in [5, 5.41) is 8.65. The number of aryl methyl sites for hydroxylation is 1. The molecule has 3 N–H and O–H groups in total. The Kier molecular flexibility index (Phi) is 8.85. The number of thiocarbonyl (C=S) groups is 1. The van der Waals surface area contributed by atoms with Crippen molar-refractivity contribution in [2.24, 2.45) is 0 Å². The van der Waals surface area contributed by atoms with Crippen LogP contribution in [-0.4, -0.2) is 35.2 Å². The second kappa shape index (κ2) is 10.9. The van der Waals surface area contributed by atoms with Crippen LogP contribution in [0.25, 0.3) is 0 Å². The fourth-order valence-electron chi connectivity index (χ4n) is 2.52. The van der Waals surface area contributed by atoms with Gasteiger partial charge in [0.15, 0.2) is 5.11 Å². The number of nitrogens with one attached hydrogen (secondary N) is 3. The van der Waals surface area contributed by atoms with Crippen molar-refractivity contribution >= 4 is 63.7 Å². The summed E-state index contributed by atoms with van der Waals surface area (Å²) in [4.78, 5) is 12.6. The van der Waals surface area contributed by atoms with Crippen LogP contribution in [0, 0.1) is 6.92 Å². The Bertz CT molecular complexity index is 889. The monoisotopic (exact) mass is 489 g/mol. The minimum Gasteiger partial charge on any atom is -0.497 e. The average Bonchev–Trinajstić information content (AvgIpc) is 2.68. The second-order valence-electron chi connectivity index (χ2n) is 6.36. The Labute approximate surface area is 196 Å². The lowest BCUT2D eigenvalue weighted by Crippen LogP contribution is -2.56. The van der Waals surface area contributed by atoms with Gasteiger partial charge in [-0.05, 0) is 37.3 Å². The van der Waals surface area contributed by atoms with Gasteiger partial charge >= 0.3 is 0 Å². The fraction of sp³-hybridized carbons (Fsp3) is 0.300. The van der Waals surface area contributed by atoms with Gasteiger partial charge in [0.05, 0.1) is 20.6 Å². The number of carbonyl (C=O) groups excluding carboxylic acids is 1. The van der Waals surface area contributed by atoms with Crippen molar-refractivity contribution < 1.29 is 14.3 Å². The molecule has 0 heterocycles. The Balaban J connectivity index is 2.04. The molecule has 0 fully saturated rings. The third-order valence-electron chi connectivity index (χ3n) is 4.06. The minimum absolute atomic E-state index is 0.00421. The van der Waals surface area contributed by atoms with E-state index in [0.717, 1.165) is 11.3 Å². The predicted octanol–water partition coefficient (Wildman–Crippen LogP) is 4.35. The van der Waals surface area contributed by atoms with E-state index in [4.69, 9.17) is 56.5 Å². The first-order valence-corrected chi connectivity index (χ1v) is 10.4. The molecule has 6 nitrogen and oxygen atoms in total. The number of ether oxygens (including phenoxy) is 2. The molecule has 30 heavy (non-hydrogen) atoms. The first-order valence-electron chi connectivity index (χ1n) is 8.83. The fourth-order valence-corrected chi connectivity index (χ4v) is 3.08. The van der Waals surface area contributed by atoms with E-state index in [9.17, 15) is 4.79 Å². The van der Waals surface area contributed by atoms with Crippen LogP contribution in [0.15, 0.2) is 42.5 Å². The molecule has 1 unspecified atom stereocenters. The van der Waals surface area contributed by atoms with E-state index in [-0.39, 0.29) is 17.4 Å². The van der Waals surface area contributed by atoms with Gasteiger partial charge in [-0.2, -0.15) is 0 Å². The first-order chi connectivity index (χ1) is 14.1. The average molecular weight is 491 g/mol. The van der Waals surface area contributed by atoms with Gasteiger partial charge in [-0.1, -0.05) is 58.6 Å². The topological polar surface area (TPSA) is 71.6 Å². The number of hydrogen-bond acceptors (Lipinski definition) is 4. The van der Waals surface area contributed by atoms with E-state index in [0.29, 0.717) is 17.1 Å². The summed E-state index contributed by atoms with van der Waals surface area (Å²) in [5.74, 6) is 0.740. The van der Waals surface area contributed by atoms with Crippen molar-refractivity contribution in [1.82, 2.24) is 10.6 Å². The first kappa shape index (κ1) is 24.3. The lowest BCUT2D eigenvalue weighted by molar-refractivity contribution is -0.121. The van der Waals surface area contributed by atoms with Crippen LogP contribution >= 0.6 is 47.0 Å². The lowest BCUT2D eigenvalue weighted by atomic mass is 10.1. The van der Waals surface area contributed by atoms with Gasteiger partial charge in [0, 0.05) is 17.3 Å². The number of carbonyl (C=O) groups is 1. The van der Waals surface area contributed by atoms with E-state index in [1.165, 1.54) is 7.11 Å². The molecular formula is C20H22Cl3N3O3S. The molecule has 162 valence electrons. The molecule has 10 heteroatoms. The summed E-state index contributed by atoms with van der Waals surface area (Å²) in [6.07, 6.45) is -1.06. The van der Waals surface area contributed by atoms with E-state index < -0.39 is 9.96 Å². The molecule has 2 rings (SSSR count). The highest BCUT2D eigenvalue weighted by Gasteiger charge is 2.34. The number of amides is 1. The Morgan fingerprint density at radius 3 is 2.30 bits per heavy atom. The molecule has 0 aliphatic heterocycles. The quantitative estimate of drug-likeness (QED) is 0.304. The summed E-state index contributed by atoms with van der Waals surface area (Å²) >= 11 is 23.4. The zero-order valence-electron chi connectivity index (χ0n) is 16.6.